The van der Waals surface area contributed by atoms with Crippen LogP contribution in [0.25, 0.3) is 0 Å². The van der Waals surface area contributed by atoms with Crippen molar-refractivity contribution in [2.45, 2.75) is 38.6 Å². The second kappa shape index (κ2) is 9.97. The fourth-order valence-corrected chi connectivity index (χ4v) is 6.55. The smallest absolute Gasteiger partial charge is 0.307 e. The van der Waals surface area contributed by atoms with E-state index in [2.05, 4.69) is 0 Å². The number of benzene rings is 2. The van der Waals surface area contributed by atoms with Crippen LogP contribution in [0.2, 0.25) is 0 Å². The lowest BCUT2D eigenvalue weighted by Gasteiger charge is -2.17. The van der Waals surface area contributed by atoms with E-state index in [9.17, 15) is 18.0 Å². The van der Waals surface area contributed by atoms with Crippen LogP contribution in [0.3, 0.4) is 0 Å². The van der Waals surface area contributed by atoms with Crippen molar-refractivity contribution in [1.82, 2.24) is 4.57 Å². The van der Waals surface area contributed by atoms with Gasteiger partial charge in [0.25, 0.3) is 0 Å². The standard InChI is InChI=1S/C27H29NO5S/c1-19-15-24(20(2)28(19)23-13-14-34(31,32)18-23)26(29)17-33-27(30)16-25(21-9-5-3-6-10-21)22-11-7-4-8-12-22/h3-12,15,23,25H,13-14,16-18H2,1-2H3. The second-order valence-electron chi connectivity index (χ2n) is 8.87. The molecule has 0 radical (unpaired) electrons. The molecule has 1 unspecified atom stereocenters. The van der Waals surface area contributed by atoms with Crippen LogP contribution in [-0.4, -0.2) is 42.9 Å². The second-order valence-corrected chi connectivity index (χ2v) is 11.1. The van der Waals surface area contributed by atoms with Crippen LogP contribution >= 0.6 is 0 Å². The molecule has 0 spiro atoms. The number of sulfone groups is 1. The summed E-state index contributed by atoms with van der Waals surface area (Å²) < 4.78 is 31.2. The van der Waals surface area contributed by atoms with Crippen molar-refractivity contribution in [3.8, 4) is 0 Å². The molecule has 1 aliphatic rings. The lowest BCUT2D eigenvalue weighted by atomic mass is 9.89. The van der Waals surface area contributed by atoms with Gasteiger partial charge in [-0.25, -0.2) is 8.42 Å². The van der Waals surface area contributed by atoms with Crippen LogP contribution in [0.4, 0.5) is 0 Å². The number of rotatable bonds is 8. The van der Waals surface area contributed by atoms with Crippen LogP contribution in [0.1, 0.15) is 57.7 Å². The van der Waals surface area contributed by atoms with Crippen molar-refractivity contribution in [1.29, 1.82) is 0 Å². The highest BCUT2D eigenvalue weighted by atomic mass is 32.2. The third-order valence-corrected chi connectivity index (χ3v) is 8.25. The summed E-state index contributed by atoms with van der Waals surface area (Å²) in [5, 5.41) is 0. The van der Waals surface area contributed by atoms with E-state index in [4.69, 9.17) is 4.74 Å². The minimum absolute atomic E-state index is 0.0896. The molecule has 34 heavy (non-hydrogen) atoms. The van der Waals surface area contributed by atoms with Gasteiger partial charge in [0.15, 0.2) is 16.4 Å². The Balaban J connectivity index is 1.44. The van der Waals surface area contributed by atoms with Gasteiger partial charge in [-0.15, -0.1) is 0 Å². The normalized spacial score (nSPS) is 17.1. The van der Waals surface area contributed by atoms with Crippen molar-refractivity contribution in [3.05, 3.63) is 94.8 Å². The summed E-state index contributed by atoms with van der Waals surface area (Å²) in [7, 11) is -3.04. The summed E-state index contributed by atoms with van der Waals surface area (Å²) in [6.45, 7) is 3.33. The van der Waals surface area contributed by atoms with E-state index < -0.39 is 15.8 Å². The van der Waals surface area contributed by atoms with E-state index in [-0.39, 0.29) is 42.3 Å². The van der Waals surface area contributed by atoms with E-state index in [1.807, 2.05) is 79.1 Å². The zero-order chi connectivity index (χ0) is 24.3. The molecule has 1 saturated heterocycles. The number of ether oxygens (including phenoxy) is 1. The maximum atomic E-state index is 12.9. The molecule has 1 aromatic heterocycles. The molecule has 1 atom stereocenters. The molecule has 0 N–H and O–H groups in total. The van der Waals surface area contributed by atoms with E-state index in [0.717, 1.165) is 16.8 Å². The van der Waals surface area contributed by atoms with Crippen molar-refractivity contribution >= 4 is 21.6 Å². The fourth-order valence-electron chi connectivity index (χ4n) is 4.85. The molecule has 3 aromatic rings. The molecule has 0 bridgehead atoms. The predicted octanol–water partition coefficient (Wildman–Crippen LogP) is 4.41. The lowest BCUT2D eigenvalue weighted by molar-refractivity contribution is -0.142. The summed E-state index contributed by atoms with van der Waals surface area (Å²) in [4.78, 5) is 25.6. The Morgan fingerprint density at radius 2 is 1.59 bits per heavy atom. The average molecular weight is 480 g/mol. The van der Waals surface area contributed by atoms with Crippen LogP contribution in [0, 0.1) is 13.8 Å². The molecular formula is C27H29NO5S. The minimum atomic E-state index is -3.04. The first-order chi connectivity index (χ1) is 16.2. The molecule has 1 aliphatic heterocycles. The number of ketones is 1. The Morgan fingerprint density at radius 1 is 1.00 bits per heavy atom. The first kappa shape index (κ1) is 24.0. The topological polar surface area (TPSA) is 82.4 Å². The quantitative estimate of drug-likeness (QED) is 0.353. The monoisotopic (exact) mass is 479 g/mol. The van der Waals surface area contributed by atoms with Gasteiger partial charge < -0.3 is 9.30 Å². The summed E-state index contributed by atoms with van der Waals surface area (Å²) in [5.41, 5.74) is 4.03. The predicted molar refractivity (Wildman–Crippen MR) is 131 cm³/mol. The number of aromatic nitrogens is 1. The summed E-state index contributed by atoms with van der Waals surface area (Å²) >= 11 is 0. The van der Waals surface area contributed by atoms with Gasteiger partial charge in [-0.05, 0) is 37.5 Å². The van der Waals surface area contributed by atoms with Crippen LogP contribution in [0.15, 0.2) is 66.7 Å². The van der Waals surface area contributed by atoms with Crippen molar-refractivity contribution in [2.24, 2.45) is 0 Å². The first-order valence-electron chi connectivity index (χ1n) is 11.4. The summed E-state index contributed by atoms with van der Waals surface area (Å²) in [6, 6.07) is 21.1. The van der Waals surface area contributed by atoms with Gasteiger partial charge in [-0.3, -0.25) is 9.59 Å². The Hall–Kier alpha value is -3.19. The van der Waals surface area contributed by atoms with E-state index in [1.54, 1.807) is 6.07 Å². The Kier molecular flexibility index (Phi) is 7.03. The number of Topliss-reactive ketones (excluding diaryl/α,β-unsaturated/α-hetero) is 1. The zero-order valence-electron chi connectivity index (χ0n) is 19.4. The zero-order valence-corrected chi connectivity index (χ0v) is 20.3. The lowest BCUT2D eigenvalue weighted by Crippen LogP contribution is -2.18. The van der Waals surface area contributed by atoms with Crippen LogP contribution in [-0.2, 0) is 19.4 Å². The van der Waals surface area contributed by atoms with Crippen molar-refractivity contribution < 1.29 is 22.7 Å². The number of hydrogen-bond acceptors (Lipinski definition) is 5. The number of esters is 1. The molecule has 7 heteroatoms. The number of aryl methyl sites for hydroxylation is 1. The SMILES string of the molecule is Cc1cc(C(=O)COC(=O)CC(c2ccccc2)c2ccccc2)c(C)n1C1CCS(=O)(=O)C1. The minimum Gasteiger partial charge on any atom is -0.457 e. The van der Waals surface area contributed by atoms with Crippen LogP contribution < -0.4 is 0 Å². The molecule has 0 aliphatic carbocycles. The van der Waals surface area contributed by atoms with E-state index in [1.165, 1.54) is 0 Å². The Labute approximate surface area is 200 Å². The van der Waals surface area contributed by atoms with Gasteiger partial charge in [0, 0.05) is 28.9 Å². The highest BCUT2D eigenvalue weighted by Gasteiger charge is 2.32. The van der Waals surface area contributed by atoms with Crippen LogP contribution in [0.5, 0.6) is 0 Å². The van der Waals surface area contributed by atoms with Gasteiger partial charge >= 0.3 is 5.97 Å². The molecule has 178 valence electrons. The van der Waals surface area contributed by atoms with Crippen molar-refractivity contribution in [3.63, 3.8) is 0 Å². The van der Waals surface area contributed by atoms with E-state index in [0.29, 0.717) is 17.7 Å². The number of carbonyl (C=O) groups is 2. The largest absolute Gasteiger partial charge is 0.457 e. The highest BCUT2D eigenvalue weighted by molar-refractivity contribution is 7.91. The first-order valence-corrected chi connectivity index (χ1v) is 13.2. The van der Waals surface area contributed by atoms with Gasteiger partial charge in [0.2, 0.25) is 5.78 Å². The number of nitrogens with zero attached hydrogens (tertiary/aromatic N) is 1. The fraction of sp³-hybridized carbons (Fsp3) is 0.333. The maximum Gasteiger partial charge on any atom is 0.307 e. The summed E-state index contributed by atoms with van der Waals surface area (Å²) in [5.74, 6) is -0.642. The molecule has 1 fully saturated rings. The number of hydrogen-bond donors (Lipinski definition) is 0. The average Bonchev–Trinajstić information content (AvgIpc) is 3.34. The van der Waals surface area contributed by atoms with Gasteiger partial charge in [-0.2, -0.15) is 0 Å². The third-order valence-electron chi connectivity index (χ3n) is 6.50. The van der Waals surface area contributed by atoms with Gasteiger partial charge in [0.1, 0.15) is 0 Å². The number of carbonyl (C=O) groups excluding carboxylic acids is 2. The molecule has 2 heterocycles. The maximum absolute atomic E-state index is 12.9. The molecule has 0 saturated carbocycles. The molecule has 6 nitrogen and oxygen atoms in total. The molecule has 0 amide bonds. The van der Waals surface area contributed by atoms with Gasteiger partial charge in [0.05, 0.1) is 17.9 Å². The Bertz CT molecular complexity index is 1240. The van der Waals surface area contributed by atoms with Gasteiger partial charge in [-0.1, -0.05) is 60.7 Å². The van der Waals surface area contributed by atoms with Crippen molar-refractivity contribution in [2.75, 3.05) is 18.1 Å². The third kappa shape index (κ3) is 5.30. The Morgan fingerprint density at radius 3 is 2.12 bits per heavy atom. The van der Waals surface area contributed by atoms with E-state index >= 15 is 0 Å². The molecular weight excluding hydrogens is 450 g/mol. The summed E-state index contributed by atoms with van der Waals surface area (Å²) in [6.07, 6.45) is 0.669. The highest BCUT2D eigenvalue weighted by Crippen LogP contribution is 2.30. The molecule has 2 aromatic carbocycles. The molecule has 4 rings (SSSR count).